The Hall–Kier alpha value is -3.55. The summed E-state index contributed by atoms with van der Waals surface area (Å²) in [6.45, 7) is 3.39. The Kier molecular flexibility index (Phi) is 4.74. The molecule has 5 rings (SSSR count). The minimum absolute atomic E-state index is 0.0194. The predicted octanol–water partition coefficient (Wildman–Crippen LogP) is 3.79. The van der Waals surface area contributed by atoms with Crippen LogP contribution in [0.4, 0.5) is 0 Å². The lowest BCUT2D eigenvalue weighted by atomic mass is 9.96. The number of aryl methyl sites for hydroxylation is 1. The van der Waals surface area contributed by atoms with Crippen LogP contribution in [0, 0.1) is 6.92 Å². The second kappa shape index (κ2) is 7.70. The maximum absolute atomic E-state index is 12.4. The molecule has 1 saturated heterocycles. The van der Waals surface area contributed by atoms with Gasteiger partial charge in [0.2, 0.25) is 24.4 Å². The van der Waals surface area contributed by atoms with Gasteiger partial charge in [0, 0.05) is 30.6 Å². The number of hydrogen-bond acceptors (Lipinski definition) is 7. The van der Waals surface area contributed by atoms with Crippen molar-refractivity contribution < 1.29 is 23.2 Å². The molecule has 154 valence electrons. The highest BCUT2D eigenvalue weighted by Crippen LogP contribution is 2.36. The Labute approximate surface area is 173 Å². The number of aromatic nitrogens is 2. The summed E-state index contributed by atoms with van der Waals surface area (Å²) in [6.07, 6.45) is 4.82. The molecule has 8 nitrogen and oxygen atoms in total. The van der Waals surface area contributed by atoms with Crippen molar-refractivity contribution in [1.82, 2.24) is 15.0 Å². The molecule has 2 aliphatic rings. The number of furan rings is 1. The summed E-state index contributed by atoms with van der Waals surface area (Å²) in [7, 11) is 0. The maximum Gasteiger partial charge on any atom is 0.246 e. The van der Waals surface area contributed by atoms with Crippen LogP contribution in [0.25, 0.3) is 17.5 Å². The Bertz CT molecular complexity index is 1090. The smallest absolute Gasteiger partial charge is 0.246 e. The first kappa shape index (κ1) is 18.5. The van der Waals surface area contributed by atoms with Gasteiger partial charge < -0.3 is 23.3 Å². The number of hydrogen-bond donors (Lipinski definition) is 0. The van der Waals surface area contributed by atoms with E-state index in [1.807, 2.05) is 42.2 Å². The highest BCUT2D eigenvalue weighted by Gasteiger charge is 2.27. The van der Waals surface area contributed by atoms with E-state index in [0.717, 1.165) is 29.9 Å². The maximum atomic E-state index is 12.4. The molecule has 0 atom stereocenters. The molecule has 0 saturated carbocycles. The largest absolute Gasteiger partial charge is 0.462 e. The van der Waals surface area contributed by atoms with Gasteiger partial charge in [-0.15, -0.1) is 0 Å². The van der Waals surface area contributed by atoms with Crippen LogP contribution in [0.5, 0.6) is 11.5 Å². The minimum Gasteiger partial charge on any atom is -0.462 e. The van der Waals surface area contributed by atoms with Crippen LogP contribution in [0.15, 0.2) is 45.3 Å². The standard InChI is InChI=1S/C22H21N3O5/c1-14-2-4-17(29-14)5-7-20(26)25-10-8-15(9-11-25)22-23-21(24-30-22)16-3-6-18-19(12-16)28-13-27-18/h2-7,12,15H,8-11,13H2,1H3/b7-5+. The van der Waals surface area contributed by atoms with Crippen molar-refractivity contribution in [1.29, 1.82) is 0 Å². The Balaban J connectivity index is 1.20. The summed E-state index contributed by atoms with van der Waals surface area (Å²) >= 11 is 0. The summed E-state index contributed by atoms with van der Waals surface area (Å²) in [4.78, 5) is 18.8. The molecule has 0 radical (unpaired) electrons. The SMILES string of the molecule is Cc1ccc(/C=C/C(=O)N2CCC(c3nc(-c4ccc5c(c4)OCO5)no3)CC2)o1. The molecule has 0 bridgehead atoms. The van der Waals surface area contributed by atoms with Crippen molar-refractivity contribution >= 4 is 12.0 Å². The van der Waals surface area contributed by atoms with Crippen molar-refractivity contribution in [2.45, 2.75) is 25.7 Å². The average Bonchev–Trinajstić information content (AvgIpc) is 3.52. The molecule has 3 aromatic rings. The van der Waals surface area contributed by atoms with Crippen molar-refractivity contribution in [3.05, 3.63) is 53.8 Å². The zero-order valence-corrected chi connectivity index (χ0v) is 16.5. The number of piperidine rings is 1. The topological polar surface area (TPSA) is 90.8 Å². The number of rotatable bonds is 4. The first-order chi connectivity index (χ1) is 14.7. The van der Waals surface area contributed by atoms with Crippen LogP contribution in [0.2, 0.25) is 0 Å². The first-order valence-corrected chi connectivity index (χ1v) is 9.93. The van der Waals surface area contributed by atoms with Crippen molar-refractivity contribution in [3.63, 3.8) is 0 Å². The Morgan fingerprint density at radius 2 is 1.97 bits per heavy atom. The minimum atomic E-state index is -0.0194. The van der Waals surface area contributed by atoms with E-state index in [1.165, 1.54) is 0 Å². The van der Waals surface area contributed by atoms with E-state index in [2.05, 4.69) is 10.1 Å². The van der Waals surface area contributed by atoms with Crippen LogP contribution < -0.4 is 9.47 Å². The third kappa shape index (κ3) is 3.68. The van der Waals surface area contributed by atoms with Gasteiger partial charge >= 0.3 is 0 Å². The number of carbonyl (C=O) groups excluding carboxylic acids is 1. The molecule has 0 unspecified atom stereocenters. The van der Waals surface area contributed by atoms with E-state index in [-0.39, 0.29) is 18.6 Å². The third-order valence-electron chi connectivity index (χ3n) is 5.38. The van der Waals surface area contributed by atoms with Gasteiger partial charge in [-0.25, -0.2) is 0 Å². The Morgan fingerprint density at radius 1 is 1.13 bits per heavy atom. The van der Waals surface area contributed by atoms with Crippen LogP contribution in [-0.4, -0.2) is 40.8 Å². The summed E-state index contributed by atoms with van der Waals surface area (Å²) in [5.41, 5.74) is 0.820. The van der Waals surface area contributed by atoms with E-state index in [4.69, 9.17) is 18.4 Å². The lowest BCUT2D eigenvalue weighted by molar-refractivity contribution is -0.127. The molecule has 8 heteroatoms. The molecule has 2 aliphatic heterocycles. The highest BCUT2D eigenvalue weighted by molar-refractivity contribution is 5.91. The highest BCUT2D eigenvalue weighted by atomic mass is 16.7. The predicted molar refractivity (Wildman–Crippen MR) is 107 cm³/mol. The van der Waals surface area contributed by atoms with E-state index >= 15 is 0 Å². The van der Waals surface area contributed by atoms with E-state index in [9.17, 15) is 4.79 Å². The monoisotopic (exact) mass is 407 g/mol. The normalized spacial score (nSPS) is 16.5. The van der Waals surface area contributed by atoms with Gasteiger partial charge in [0.05, 0.1) is 0 Å². The van der Waals surface area contributed by atoms with E-state index < -0.39 is 0 Å². The van der Waals surface area contributed by atoms with Gasteiger partial charge in [0.15, 0.2) is 11.5 Å². The lowest BCUT2D eigenvalue weighted by Crippen LogP contribution is -2.36. The number of carbonyl (C=O) groups is 1. The van der Waals surface area contributed by atoms with Gasteiger partial charge in [-0.1, -0.05) is 5.16 Å². The summed E-state index contributed by atoms with van der Waals surface area (Å²) in [5.74, 6) is 4.16. The zero-order chi connectivity index (χ0) is 20.5. The van der Waals surface area contributed by atoms with Crippen molar-refractivity contribution in [2.24, 2.45) is 0 Å². The number of benzene rings is 1. The number of fused-ring (bicyclic) bond motifs is 1. The lowest BCUT2D eigenvalue weighted by Gasteiger charge is -2.29. The molecule has 4 heterocycles. The van der Waals surface area contributed by atoms with Gasteiger partial charge in [-0.05, 0) is 56.2 Å². The fourth-order valence-electron chi connectivity index (χ4n) is 3.70. The zero-order valence-electron chi connectivity index (χ0n) is 16.5. The molecule has 0 spiro atoms. The van der Waals surface area contributed by atoms with E-state index in [1.54, 1.807) is 12.2 Å². The third-order valence-corrected chi connectivity index (χ3v) is 5.38. The van der Waals surface area contributed by atoms with Crippen LogP contribution >= 0.6 is 0 Å². The molecule has 1 fully saturated rings. The molecule has 1 amide bonds. The second-order valence-electron chi connectivity index (χ2n) is 7.41. The number of nitrogens with zero attached hydrogens (tertiary/aromatic N) is 3. The van der Waals surface area contributed by atoms with E-state index in [0.29, 0.717) is 36.3 Å². The molecular formula is C22H21N3O5. The Morgan fingerprint density at radius 3 is 2.77 bits per heavy atom. The van der Waals surface area contributed by atoms with Crippen LogP contribution in [0.3, 0.4) is 0 Å². The number of amides is 1. The van der Waals surface area contributed by atoms with Crippen LogP contribution in [-0.2, 0) is 4.79 Å². The molecule has 0 N–H and O–H groups in total. The molecule has 0 aliphatic carbocycles. The van der Waals surface area contributed by atoms with Crippen molar-refractivity contribution in [2.75, 3.05) is 19.9 Å². The first-order valence-electron chi connectivity index (χ1n) is 9.93. The van der Waals surface area contributed by atoms with Gasteiger partial charge in [-0.2, -0.15) is 4.98 Å². The summed E-state index contributed by atoms with van der Waals surface area (Å²) < 4.78 is 21.7. The second-order valence-corrected chi connectivity index (χ2v) is 7.41. The molecule has 30 heavy (non-hydrogen) atoms. The van der Waals surface area contributed by atoms with Gasteiger partial charge in [0.25, 0.3) is 0 Å². The number of ether oxygens (including phenoxy) is 2. The van der Waals surface area contributed by atoms with Crippen LogP contribution in [0.1, 0.15) is 36.2 Å². The van der Waals surface area contributed by atoms with Gasteiger partial charge in [-0.3, -0.25) is 4.79 Å². The fraction of sp³-hybridized carbons (Fsp3) is 0.318. The molecule has 2 aromatic heterocycles. The number of likely N-dealkylation sites (tertiary alicyclic amines) is 1. The average molecular weight is 407 g/mol. The molecular weight excluding hydrogens is 386 g/mol. The molecule has 1 aromatic carbocycles. The summed E-state index contributed by atoms with van der Waals surface area (Å²) in [5, 5.41) is 4.12. The van der Waals surface area contributed by atoms with Crippen molar-refractivity contribution in [3.8, 4) is 22.9 Å². The fourth-order valence-corrected chi connectivity index (χ4v) is 3.70. The van der Waals surface area contributed by atoms with Gasteiger partial charge in [0.1, 0.15) is 11.5 Å². The quantitative estimate of drug-likeness (QED) is 0.608. The summed E-state index contributed by atoms with van der Waals surface area (Å²) in [6, 6.07) is 9.30.